The Bertz CT molecular complexity index is 1150. The van der Waals surface area contributed by atoms with Crippen molar-refractivity contribution in [2.75, 3.05) is 29.1 Å². The van der Waals surface area contributed by atoms with Gasteiger partial charge in [0.25, 0.3) is 0 Å². The molecule has 0 saturated heterocycles. The summed E-state index contributed by atoms with van der Waals surface area (Å²) in [6.07, 6.45) is 3.73. The molecule has 0 bridgehead atoms. The largest absolute Gasteiger partial charge is 0.460 e. The molecular formula is C30H47IN6O7S. The van der Waals surface area contributed by atoms with Crippen molar-refractivity contribution in [1.82, 2.24) is 21.3 Å². The lowest BCUT2D eigenvalue weighted by molar-refractivity contribution is -0.147. The number of primary amides is 1. The van der Waals surface area contributed by atoms with Crippen LogP contribution in [0.25, 0.3) is 0 Å². The molecule has 1 rings (SSSR count). The number of halogens is 1. The quantitative estimate of drug-likeness (QED) is 0.0505. The van der Waals surface area contributed by atoms with E-state index >= 15 is 0 Å². The van der Waals surface area contributed by atoms with Crippen LogP contribution in [0.4, 0.5) is 10.5 Å². The molecule has 0 heterocycles. The van der Waals surface area contributed by atoms with Crippen LogP contribution < -0.4 is 32.3 Å². The number of carbonyl (C=O) groups excluding carboxylic acids is 6. The van der Waals surface area contributed by atoms with Gasteiger partial charge in [0, 0.05) is 25.2 Å². The number of esters is 1. The molecule has 2 atom stereocenters. The van der Waals surface area contributed by atoms with Crippen LogP contribution in [0.1, 0.15) is 65.4 Å². The molecule has 0 unspecified atom stereocenters. The number of anilines is 1. The Hall–Kier alpha value is -3.08. The zero-order chi connectivity index (χ0) is 34.0. The zero-order valence-electron chi connectivity index (χ0n) is 26.6. The summed E-state index contributed by atoms with van der Waals surface area (Å²) in [5.74, 6) is -1.96. The first-order valence-electron chi connectivity index (χ1n) is 14.8. The second kappa shape index (κ2) is 20.9. The average Bonchev–Trinajstić information content (AvgIpc) is 2.99. The first kappa shape index (κ1) is 39.9. The fourth-order valence-corrected chi connectivity index (χ4v) is 4.33. The highest BCUT2D eigenvalue weighted by molar-refractivity contribution is 14.1. The number of alkyl halides is 1. The Labute approximate surface area is 283 Å². The Morgan fingerprint density at radius 1 is 0.911 bits per heavy atom. The van der Waals surface area contributed by atoms with Gasteiger partial charge in [-0.2, -0.15) is 0 Å². The van der Waals surface area contributed by atoms with Crippen molar-refractivity contribution in [2.24, 2.45) is 11.7 Å². The molecule has 1 aromatic rings. The van der Waals surface area contributed by atoms with E-state index < -0.39 is 34.7 Å². The molecule has 0 saturated carbocycles. The lowest BCUT2D eigenvalue weighted by Gasteiger charge is -2.25. The molecule has 0 aromatic heterocycles. The summed E-state index contributed by atoms with van der Waals surface area (Å²) < 4.78 is 5.10. The van der Waals surface area contributed by atoms with Crippen LogP contribution in [0.3, 0.4) is 0 Å². The van der Waals surface area contributed by atoms with Gasteiger partial charge in [-0.05, 0) is 69.4 Å². The minimum absolute atomic E-state index is 0.0637. The summed E-state index contributed by atoms with van der Waals surface area (Å²) in [5.41, 5.74) is 6.34. The number of carbonyl (C=O) groups is 6. The molecule has 6 amide bonds. The van der Waals surface area contributed by atoms with Gasteiger partial charge < -0.3 is 37.1 Å². The fourth-order valence-electron chi connectivity index (χ4n) is 3.83. The second-order valence-corrected chi connectivity index (χ2v) is 13.4. The van der Waals surface area contributed by atoms with Crippen LogP contribution in [0.2, 0.25) is 0 Å². The highest BCUT2D eigenvalue weighted by atomic mass is 127. The van der Waals surface area contributed by atoms with Crippen molar-refractivity contribution in [3.63, 3.8) is 0 Å². The van der Waals surface area contributed by atoms with Gasteiger partial charge in [-0.25, -0.2) is 4.79 Å². The third-order valence-corrected chi connectivity index (χ3v) is 8.61. The van der Waals surface area contributed by atoms with Crippen LogP contribution in [0.5, 0.6) is 0 Å². The van der Waals surface area contributed by atoms with Crippen molar-refractivity contribution >= 4 is 75.7 Å². The molecule has 15 heteroatoms. The third kappa shape index (κ3) is 16.2. The van der Waals surface area contributed by atoms with Gasteiger partial charge in [0.1, 0.15) is 23.4 Å². The summed E-state index contributed by atoms with van der Waals surface area (Å²) in [5, 5.41) is 13.5. The van der Waals surface area contributed by atoms with E-state index in [2.05, 4.69) is 26.6 Å². The molecule has 0 fully saturated rings. The van der Waals surface area contributed by atoms with Gasteiger partial charge in [0.2, 0.25) is 23.6 Å². The predicted molar refractivity (Wildman–Crippen MR) is 184 cm³/mol. The highest BCUT2D eigenvalue weighted by Crippen LogP contribution is 2.23. The molecule has 0 aliphatic rings. The van der Waals surface area contributed by atoms with Crippen LogP contribution in [-0.2, 0) is 35.3 Å². The minimum Gasteiger partial charge on any atom is -0.460 e. The summed E-state index contributed by atoms with van der Waals surface area (Å²) >= 11 is 3.37. The summed E-state index contributed by atoms with van der Waals surface area (Å²) in [6, 6.07) is 4.23. The lowest BCUT2D eigenvalue weighted by atomic mass is 10.0. The van der Waals surface area contributed by atoms with E-state index in [4.69, 9.17) is 10.5 Å². The molecule has 1 aromatic carbocycles. The number of hydrogen-bond donors (Lipinski definition) is 6. The number of ether oxygens (including phenoxy) is 1. The maximum absolute atomic E-state index is 13.3. The summed E-state index contributed by atoms with van der Waals surface area (Å²) in [7, 11) is 0. The minimum atomic E-state index is -0.971. The Morgan fingerprint density at radius 3 is 2.13 bits per heavy atom. The smallest absolute Gasteiger partial charge is 0.321 e. The molecule has 0 radical (unpaired) electrons. The SMILES string of the molecule is CSC(C)(C)C(=O)OCc1ccc(NC(=O)[C@@H](CCCNC(N)=O)NC(=O)[C@H](NC(=O)CCCCNC(=O)CI)C(C)C)cc1. The van der Waals surface area contributed by atoms with Gasteiger partial charge in [0.15, 0.2) is 0 Å². The van der Waals surface area contributed by atoms with E-state index in [1.807, 2.05) is 28.8 Å². The standard InChI is InChI=1S/C30H47IN6O7S/c1-19(2)25(37-23(38)10-6-7-15-33-24(39)17-31)27(41)36-22(9-8-16-34-29(32)43)26(40)35-21-13-11-20(12-14-21)18-44-28(42)30(3,4)45-5/h11-14,19,22,25H,6-10,15-18H2,1-5H3,(H,33,39)(H,35,40)(H,36,41)(H,37,38)(H3,32,34,43)/t22-,25-/m1/s1. The van der Waals surface area contributed by atoms with Crippen LogP contribution >= 0.6 is 34.4 Å². The number of nitrogens with one attached hydrogen (secondary N) is 5. The van der Waals surface area contributed by atoms with E-state index in [-0.39, 0.29) is 49.7 Å². The number of thioether (sulfide) groups is 1. The molecule has 13 nitrogen and oxygen atoms in total. The zero-order valence-corrected chi connectivity index (χ0v) is 29.6. The van der Waals surface area contributed by atoms with Crippen molar-refractivity contribution in [2.45, 2.75) is 83.2 Å². The Morgan fingerprint density at radius 2 is 1.56 bits per heavy atom. The topological polar surface area (TPSA) is 198 Å². The van der Waals surface area contributed by atoms with Gasteiger partial charge in [-0.3, -0.25) is 24.0 Å². The second-order valence-electron chi connectivity index (χ2n) is 11.2. The number of unbranched alkanes of at least 4 members (excludes halogenated alkanes) is 1. The number of hydrogen-bond acceptors (Lipinski definition) is 8. The Balaban J connectivity index is 2.84. The van der Waals surface area contributed by atoms with E-state index in [0.717, 1.165) is 5.56 Å². The van der Waals surface area contributed by atoms with Crippen LogP contribution in [0.15, 0.2) is 24.3 Å². The number of nitrogens with two attached hydrogens (primary N) is 1. The number of benzene rings is 1. The average molecular weight is 763 g/mol. The van der Waals surface area contributed by atoms with Gasteiger partial charge >= 0.3 is 12.0 Å². The van der Waals surface area contributed by atoms with Crippen LogP contribution in [-0.4, -0.2) is 76.2 Å². The van der Waals surface area contributed by atoms with E-state index in [9.17, 15) is 28.8 Å². The van der Waals surface area contributed by atoms with Crippen molar-refractivity contribution in [3.8, 4) is 0 Å². The van der Waals surface area contributed by atoms with E-state index in [1.165, 1.54) is 11.8 Å². The normalized spacial score (nSPS) is 12.4. The molecule has 45 heavy (non-hydrogen) atoms. The third-order valence-electron chi connectivity index (χ3n) is 6.73. The monoisotopic (exact) mass is 762 g/mol. The molecule has 0 aliphatic carbocycles. The highest BCUT2D eigenvalue weighted by Gasteiger charge is 2.29. The number of amides is 6. The van der Waals surface area contributed by atoms with Gasteiger partial charge in [0.05, 0.1) is 4.43 Å². The molecule has 252 valence electrons. The first-order valence-corrected chi connectivity index (χ1v) is 17.5. The molecule has 0 spiro atoms. The molecular weight excluding hydrogens is 715 g/mol. The lowest BCUT2D eigenvalue weighted by Crippen LogP contribution is -2.54. The number of urea groups is 1. The van der Waals surface area contributed by atoms with Crippen molar-refractivity contribution in [1.29, 1.82) is 0 Å². The number of rotatable bonds is 20. The van der Waals surface area contributed by atoms with E-state index in [1.54, 1.807) is 52.0 Å². The van der Waals surface area contributed by atoms with Crippen molar-refractivity contribution < 1.29 is 33.5 Å². The fraction of sp³-hybridized carbons (Fsp3) is 0.600. The van der Waals surface area contributed by atoms with Crippen LogP contribution in [0, 0.1) is 5.92 Å². The van der Waals surface area contributed by atoms with Gasteiger partial charge in [-0.1, -0.05) is 48.6 Å². The molecule has 7 N–H and O–H groups in total. The predicted octanol–water partition coefficient (Wildman–Crippen LogP) is 2.61. The maximum atomic E-state index is 13.3. The summed E-state index contributed by atoms with van der Waals surface area (Å²) in [4.78, 5) is 73.8. The van der Waals surface area contributed by atoms with Crippen molar-refractivity contribution in [3.05, 3.63) is 29.8 Å². The van der Waals surface area contributed by atoms with E-state index in [0.29, 0.717) is 35.9 Å². The Kier molecular flexibility index (Phi) is 18.5. The van der Waals surface area contributed by atoms with Gasteiger partial charge in [-0.15, -0.1) is 11.8 Å². The summed E-state index contributed by atoms with van der Waals surface area (Å²) in [6.45, 7) is 7.91. The maximum Gasteiger partial charge on any atom is 0.321 e. The molecule has 0 aliphatic heterocycles. The first-order chi connectivity index (χ1) is 21.2.